The molecule has 0 aliphatic carbocycles. The van der Waals surface area contributed by atoms with Crippen LogP contribution in [0.2, 0.25) is 0 Å². The van der Waals surface area contributed by atoms with E-state index in [1.165, 1.54) is 16.6 Å². The molecule has 0 spiro atoms. The number of benzene rings is 1. The largest absolute Gasteiger partial charge is 0.456 e. The SMILES string of the molecule is Cc1oc(-c2ccno2)cc1S(=O)(=O)N1c2ccccc2C[C@H]1C. The second-order valence-corrected chi connectivity index (χ2v) is 7.67. The zero-order valence-corrected chi connectivity index (χ0v) is 14.1. The fourth-order valence-corrected chi connectivity index (χ4v) is 5.05. The van der Waals surface area contributed by atoms with Crippen molar-refractivity contribution in [2.45, 2.75) is 31.2 Å². The van der Waals surface area contributed by atoms with Gasteiger partial charge in [-0.1, -0.05) is 23.4 Å². The first kappa shape index (κ1) is 15.0. The van der Waals surface area contributed by atoms with Gasteiger partial charge in [-0.15, -0.1) is 0 Å². The third kappa shape index (κ3) is 2.16. The molecular formula is C17H16N2O4S. The molecule has 0 unspecified atom stereocenters. The highest BCUT2D eigenvalue weighted by molar-refractivity contribution is 7.93. The first-order valence-electron chi connectivity index (χ1n) is 7.62. The van der Waals surface area contributed by atoms with E-state index in [0.29, 0.717) is 23.7 Å². The second-order valence-electron chi connectivity index (χ2n) is 5.89. The number of para-hydroxylation sites is 1. The number of sulfonamides is 1. The topological polar surface area (TPSA) is 76.5 Å². The van der Waals surface area contributed by atoms with Crippen molar-refractivity contribution in [3.8, 4) is 11.5 Å². The maximum atomic E-state index is 13.2. The van der Waals surface area contributed by atoms with Crippen molar-refractivity contribution in [3.63, 3.8) is 0 Å². The fourth-order valence-electron chi connectivity index (χ4n) is 3.20. The summed E-state index contributed by atoms with van der Waals surface area (Å²) in [6.45, 7) is 3.55. The second kappa shape index (κ2) is 5.24. The van der Waals surface area contributed by atoms with Crippen molar-refractivity contribution in [2.75, 3.05) is 4.31 Å². The van der Waals surface area contributed by atoms with Gasteiger partial charge in [0.25, 0.3) is 10.0 Å². The Morgan fingerprint density at radius 2 is 2.00 bits per heavy atom. The maximum absolute atomic E-state index is 13.2. The minimum absolute atomic E-state index is 0.143. The van der Waals surface area contributed by atoms with Gasteiger partial charge < -0.3 is 8.94 Å². The first-order valence-corrected chi connectivity index (χ1v) is 9.06. The third-order valence-electron chi connectivity index (χ3n) is 4.23. The highest BCUT2D eigenvalue weighted by Crippen LogP contribution is 2.38. The van der Waals surface area contributed by atoms with Crippen LogP contribution in [0.1, 0.15) is 18.2 Å². The number of rotatable bonds is 3. The van der Waals surface area contributed by atoms with Crippen molar-refractivity contribution in [2.24, 2.45) is 0 Å². The number of hydrogen-bond donors (Lipinski definition) is 0. The predicted molar refractivity (Wildman–Crippen MR) is 88.2 cm³/mol. The van der Waals surface area contributed by atoms with Gasteiger partial charge in [0.05, 0.1) is 11.9 Å². The van der Waals surface area contributed by atoms with E-state index in [1.807, 2.05) is 31.2 Å². The van der Waals surface area contributed by atoms with E-state index in [9.17, 15) is 8.42 Å². The zero-order valence-electron chi connectivity index (χ0n) is 13.3. The van der Waals surface area contributed by atoms with Crippen LogP contribution in [0.4, 0.5) is 5.69 Å². The molecule has 1 aliphatic heterocycles. The lowest BCUT2D eigenvalue weighted by Gasteiger charge is -2.23. The summed E-state index contributed by atoms with van der Waals surface area (Å²) >= 11 is 0. The minimum Gasteiger partial charge on any atom is -0.456 e. The van der Waals surface area contributed by atoms with E-state index in [0.717, 1.165) is 11.3 Å². The molecule has 1 atom stereocenters. The van der Waals surface area contributed by atoms with Crippen LogP contribution in [0.3, 0.4) is 0 Å². The van der Waals surface area contributed by atoms with Crippen LogP contribution in [0, 0.1) is 6.92 Å². The number of aryl methyl sites for hydroxylation is 1. The van der Waals surface area contributed by atoms with Crippen LogP contribution in [-0.4, -0.2) is 19.6 Å². The molecule has 0 saturated heterocycles. The van der Waals surface area contributed by atoms with Gasteiger partial charge in [-0.05, 0) is 31.9 Å². The quantitative estimate of drug-likeness (QED) is 0.728. The Hall–Kier alpha value is -2.54. The Kier molecular flexibility index (Phi) is 3.28. The van der Waals surface area contributed by atoms with E-state index in [4.69, 9.17) is 8.94 Å². The van der Waals surface area contributed by atoms with Gasteiger partial charge in [0.2, 0.25) is 5.76 Å². The average Bonchev–Trinajstić information content (AvgIpc) is 3.23. The highest BCUT2D eigenvalue weighted by Gasteiger charge is 2.38. The molecule has 2 aromatic heterocycles. The fraction of sp³-hybridized carbons (Fsp3) is 0.235. The van der Waals surface area contributed by atoms with Crippen molar-refractivity contribution in [3.05, 3.63) is 53.9 Å². The third-order valence-corrected chi connectivity index (χ3v) is 6.27. The van der Waals surface area contributed by atoms with E-state index < -0.39 is 10.0 Å². The standard InChI is InChI=1S/C17H16N2O4S/c1-11-9-13-5-3-4-6-14(13)19(11)24(20,21)17-10-16(22-12(17)2)15-7-8-18-23-15/h3-8,10-11H,9H2,1-2H3/t11-/m1/s1. The molecule has 3 heterocycles. The van der Waals surface area contributed by atoms with Crippen LogP contribution < -0.4 is 4.31 Å². The molecule has 0 bridgehead atoms. The molecule has 0 radical (unpaired) electrons. The van der Waals surface area contributed by atoms with Crippen molar-refractivity contribution >= 4 is 15.7 Å². The lowest BCUT2D eigenvalue weighted by molar-refractivity contribution is 0.414. The minimum atomic E-state index is -3.72. The number of hydrogen-bond acceptors (Lipinski definition) is 5. The molecule has 4 rings (SSSR count). The van der Waals surface area contributed by atoms with Crippen LogP contribution in [-0.2, 0) is 16.4 Å². The summed E-state index contributed by atoms with van der Waals surface area (Å²) in [6, 6.07) is 10.6. The van der Waals surface area contributed by atoms with Crippen LogP contribution >= 0.6 is 0 Å². The summed E-state index contributed by atoms with van der Waals surface area (Å²) < 4.78 is 38.6. The van der Waals surface area contributed by atoms with Crippen LogP contribution in [0.25, 0.3) is 11.5 Å². The predicted octanol–water partition coefficient (Wildman–Crippen LogP) is 3.38. The lowest BCUT2D eigenvalue weighted by atomic mass is 10.1. The van der Waals surface area contributed by atoms with E-state index in [1.54, 1.807) is 13.0 Å². The Balaban J connectivity index is 1.82. The molecule has 0 fully saturated rings. The molecule has 0 N–H and O–H groups in total. The average molecular weight is 344 g/mol. The summed E-state index contributed by atoms with van der Waals surface area (Å²) in [7, 11) is -3.72. The van der Waals surface area contributed by atoms with Gasteiger partial charge in [0, 0.05) is 18.2 Å². The van der Waals surface area contributed by atoms with Gasteiger partial charge in [-0.25, -0.2) is 8.42 Å². The molecule has 0 saturated carbocycles. The van der Waals surface area contributed by atoms with Gasteiger partial charge in [0.15, 0.2) is 5.76 Å². The number of aromatic nitrogens is 1. The Morgan fingerprint density at radius 1 is 1.21 bits per heavy atom. The Labute approximate surface area is 139 Å². The smallest absolute Gasteiger partial charge is 0.268 e. The Morgan fingerprint density at radius 3 is 2.75 bits per heavy atom. The highest BCUT2D eigenvalue weighted by atomic mass is 32.2. The lowest BCUT2D eigenvalue weighted by Crippen LogP contribution is -2.35. The van der Waals surface area contributed by atoms with Crippen LogP contribution in [0.5, 0.6) is 0 Å². The summed E-state index contributed by atoms with van der Waals surface area (Å²) in [4.78, 5) is 0.150. The molecular weight excluding hydrogens is 328 g/mol. The molecule has 0 amide bonds. The molecule has 124 valence electrons. The van der Waals surface area contributed by atoms with Gasteiger partial charge in [-0.3, -0.25) is 4.31 Å². The van der Waals surface area contributed by atoms with Gasteiger partial charge in [0.1, 0.15) is 10.7 Å². The van der Waals surface area contributed by atoms with Crippen molar-refractivity contribution in [1.29, 1.82) is 0 Å². The van der Waals surface area contributed by atoms with Crippen LogP contribution in [0.15, 0.2) is 56.4 Å². The number of nitrogens with zero attached hydrogens (tertiary/aromatic N) is 2. The summed E-state index contributed by atoms with van der Waals surface area (Å²) in [5, 5.41) is 3.62. The molecule has 3 aromatic rings. The molecule has 7 heteroatoms. The zero-order chi connectivity index (χ0) is 16.9. The molecule has 1 aromatic carbocycles. The number of furan rings is 1. The monoisotopic (exact) mass is 344 g/mol. The van der Waals surface area contributed by atoms with E-state index in [-0.39, 0.29) is 10.9 Å². The summed E-state index contributed by atoms with van der Waals surface area (Å²) in [5.74, 6) is 1.08. The Bertz CT molecular complexity index is 990. The van der Waals surface area contributed by atoms with Gasteiger partial charge >= 0.3 is 0 Å². The molecule has 1 aliphatic rings. The van der Waals surface area contributed by atoms with Crippen molar-refractivity contribution < 1.29 is 17.4 Å². The number of anilines is 1. The molecule has 6 nitrogen and oxygen atoms in total. The number of fused-ring (bicyclic) bond motifs is 1. The maximum Gasteiger partial charge on any atom is 0.268 e. The van der Waals surface area contributed by atoms with E-state index >= 15 is 0 Å². The first-order chi connectivity index (χ1) is 11.5. The summed E-state index contributed by atoms with van der Waals surface area (Å²) in [6.07, 6.45) is 2.18. The van der Waals surface area contributed by atoms with E-state index in [2.05, 4.69) is 5.16 Å². The molecule has 24 heavy (non-hydrogen) atoms. The van der Waals surface area contributed by atoms with Crippen molar-refractivity contribution in [1.82, 2.24) is 5.16 Å². The summed E-state index contributed by atoms with van der Waals surface area (Å²) in [5.41, 5.74) is 1.76. The normalized spacial score (nSPS) is 17.2. The van der Waals surface area contributed by atoms with Gasteiger partial charge in [-0.2, -0.15) is 0 Å².